The molecule has 0 amide bonds. The maximum atomic E-state index is 6.33. The predicted octanol–water partition coefficient (Wildman–Crippen LogP) is 5.70. The minimum Gasteiger partial charge on any atom is -0.492 e. The van der Waals surface area contributed by atoms with Gasteiger partial charge >= 0.3 is 0 Å². The predicted molar refractivity (Wildman–Crippen MR) is 101 cm³/mol. The highest BCUT2D eigenvalue weighted by atomic mass is 35.5. The number of nitrogens with zero attached hydrogens (tertiary/aromatic N) is 2. The fourth-order valence-corrected chi connectivity index (χ4v) is 2.88. The molecule has 2 heterocycles. The molecule has 0 aliphatic heterocycles. The number of unbranched alkanes of at least 4 members (excludes halogenated alkanes) is 2. The number of aryl methyl sites for hydroxylation is 4. The van der Waals surface area contributed by atoms with Crippen molar-refractivity contribution < 1.29 is 13.7 Å². The summed E-state index contributed by atoms with van der Waals surface area (Å²) in [6.07, 6.45) is 3.98. The van der Waals surface area contributed by atoms with Gasteiger partial charge in [-0.1, -0.05) is 16.8 Å². The average Bonchev–Trinajstić information content (AvgIpc) is 3.17. The van der Waals surface area contributed by atoms with Crippen LogP contribution < -0.4 is 4.74 Å². The largest absolute Gasteiger partial charge is 0.492 e. The Morgan fingerprint density at radius 3 is 2.58 bits per heavy atom. The third-order valence-corrected chi connectivity index (χ3v) is 4.50. The molecule has 6 heteroatoms. The van der Waals surface area contributed by atoms with Crippen LogP contribution in [-0.4, -0.2) is 16.7 Å². The fourth-order valence-electron chi connectivity index (χ4n) is 2.64. The van der Waals surface area contributed by atoms with Crippen molar-refractivity contribution >= 4 is 11.6 Å². The Balaban J connectivity index is 1.45. The molecule has 3 aromatic rings. The second-order valence-electron chi connectivity index (χ2n) is 6.40. The minimum absolute atomic E-state index is 0.563. The lowest BCUT2D eigenvalue weighted by atomic mass is 10.1. The first-order valence-corrected chi connectivity index (χ1v) is 9.19. The lowest BCUT2D eigenvalue weighted by molar-refractivity contribution is 0.303. The molecule has 0 radical (unpaired) electrons. The van der Waals surface area contributed by atoms with Gasteiger partial charge in [0.25, 0.3) is 0 Å². The molecule has 1 aromatic carbocycles. The lowest BCUT2D eigenvalue weighted by Gasteiger charge is -2.08. The van der Waals surface area contributed by atoms with Crippen molar-refractivity contribution in [1.82, 2.24) is 10.1 Å². The highest BCUT2D eigenvalue weighted by Gasteiger charge is 2.11. The number of hydrogen-bond donors (Lipinski definition) is 0. The fraction of sp³-hybridized carbons (Fsp3) is 0.400. The number of ether oxygens (including phenoxy) is 1. The number of aromatic nitrogens is 2. The van der Waals surface area contributed by atoms with Gasteiger partial charge in [0.1, 0.15) is 17.3 Å². The quantitative estimate of drug-likeness (QED) is 0.473. The Kier molecular flexibility index (Phi) is 5.99. The maximum Gasteiger partial charge on any atom is 0.226 e. The van der Waals surface area contributed by atoms with Gasteiger partial charge in [0.05, 0.1) is 23.0 Å². The summed E-state index contributed by atoms with van der Waals surface area (Å²) in [5.41, 5.74) is 2.66. The van der Waals surface area contributed by atoms with Crippen LogP contribution >= 0.6 is 11.6 Å². The molecule has 0 fully saturated rings. The highest BCUT2D eigenvalue weighted by molar-refractivity contribution is 6.32. The Labute approximate surface area is 158 Å². The summed E-state index contributed by atoms with van der Waals surface area (Å²) >= 11 is 6.33. The highest BCUT2D eigenvalue weighted by Crippen LogP contribution is 2.31. The second-order valence-corrected chi connectivity index (χ2v) is 6.81. The second kappa shape index (κ2) is 8.41. The third-order valence-electron chi connectivity index (χ3n) is 4.21. The van der Waals surface area contributed by atoms with E-state index in [1.165, 1.54) is 0 Å². The van der Waals surface area contributed by atoms with Crippen LogP contribution in [0.3, 0.4) is 0 Å². The third kappa shape index (κ3) is 4.67. The molecular formula is C20H23ClN2O3. The van der Waals surface area contributed by atoms with Gasteiger partial charge in [-0.3, -0.25) is 0 Å². The molecule has 0 aliphatic carbocycles. The summed E-state index contributed by atoms with van der Waals surface area (Å²) in [7, 11) is 0. The molecule has 0 spiro atoms. The van der Waals surface area contributed by atoms with Crippen molar-refractivity contribution in [3.63, 3.8) is 0 Å². The summed E-state index contributed by atoms with van der Waals surface area (Å²) in [4.78, 5) is 4.40. The molecule has 0 bridgehead atoms. The van der Waals surface area contributed by atoms with Crippen LogP contribution in [0.25, 0.3) is 11.5 Å². The van der Waals surface area contributed by atoms with Gasteiger partial charge < -0.3 is 13.7 Å². The normalized spacial score (nSPS) is 11.1. The van der Waals surface area contributed by atoms with Gasteiger partial charge in [-0.05, 0) is 58.2 Å². The van der Waals surface area contributed by atoms with Crippen molar-refractivity contribution in [1.29, 1.82) is 0 Å². The molecule has 0 N–H and O–H groups in total. The van der Waals surface area contributed by atoms with E-state index in [0.717, 1.165) is 54.2 Å². The van der Waals surface area contributed by atoms with Crippen LogP contribution in [-0.2, 0) is 6.42 Å². The van der Waals surface area contributed by atoms with Crippen LogP contribution in [0.1, 0.15) is 42.2 Å². The van der Waals surface area contributed by atoms with Gasteiger partial charge in [-0.2, -0.15) is 0 Å². The van der Waals surface area contributed by atoms with E-state index in [4.69, 9.17) is 25.3 Å². The number of halogens is 1. The summed E-state index contributed by atoms with van der Waals surface area (Å²) in [6, 6.07) is 7.59. The maximum absolute atomic E-state index is 6.33. The van der Waals surface area contributed by atoms with Gasteiger partial charge in [-0.15, -0.1) is 0 Å². The van der Waals surface area contributed by atoms with Crippen LogP contribution in [0.4, 0.5) is 0 Å². The van der Waals surface area contributed by atoms with Crippen molar-refractivity contribution in [2.24, 2.45) is 0 Å². The first kappa shape index (κ1) is 18.5. The molecule has 0 saturated heterocycles. The molecule has 0 atom stereocenters. The number of oxazole rings is 1. The Hall–Kier alpha value is -2.27. The van der Waals surface area contributed by atoms with E-state index >= 15 is 0 Å². The molecular weight excluding hydrogens is 352 g/mol. The summed E-state index contributed by atoms with van der Waals surface area (Å²) < 4.78 is 16.6. The standard InChI is InChI=1S/C20H23ClN2O3/c1-13-11-17(26-23-13)7-5-4-6-10-24-19-9-8-16(12-18(19)21)20-22-14(2)15(3)25-20/h8-9,11-12H,4-7,10H2,1-3H3. The van der Waals surface area contributed by atoms with E-state index in [9.17, 15) is 0 Å². The Morgan fingerprint density at radius 2 is 1.92 bits per heavy atom. The van der Waals surface area contributed by atoms with E-state index < -0.39 is 0 Å². The van der Waals surface area contributed by atoms with Crippen molar-refractivity contribution in [3.8, 4) is 17.2 Å². The molecule has 2 aromatic heterocycles. The summed E-state index contributed by atoms with van der Waals surface area (Å²) in [6.45, 7) is 6.38. The molecule has 3 rings (SSSR count). The van der Waals surface area contributed by atoms with Crippen LogP contribution in [0, 0.1) is 20.8 Å². The average molecular weight is 375 g/mol. The zero-order chi connectivity index (χ0) is 18.5. The van der Waals surface area contributed by atoms with Gasteiger partial charge in [0.2, 0.25) is 5.89 Å². The molecule has 0 unspecified atom stereocenters. The van der Waals surface area contributed by atoms with Crippen molar-refractivity contribution in [2.45, 2.75) is 46.5 Å². The lowest BCUT2D eigenvalue weighted by Crippen LogP contribution is -1.98. The Bertz CT molecular complexity index is 850. The number of hydrogen-bond acceptors (Lipinski definition) is 5. The van der Waals surface area contributed by atoms with Gasteiger partial charge in [0, 0.05) is 18.1 Å². The van der Waals surface area contributed by atoms with Crippen LogP contribution in [0.2, 0.25) is 5.02 Å². The van der Waals surface area contributed by atoms with E-state index in [2.05, 4.69) is 10.1 Å². The molecule has 138 valence electrons. The Morgan fingerprint density at radius 1 is 1.08 bits per heavy atom. The molecule has 0 saturated carbocycles. The number of rotatable bonds is 8. The van der Waals surface area contributed by atoms with Gasteiger partial charge in [0.15, 0.2) is 0 Å². The first-order valence-electron chi connectivity index (χ1n) is 8.82. The molecule has 0 aliphatic rings. The minimum atomic E-state index is 0.563. The summed E-state index contributed by atoms with van der Waals surface area (Å²) in [5, 5.41) is 4.45. The van der Waals surface area contributed by atoms with Crippen molar-refractivity contribution in [2.75, 3.05) is 6.61 Å². The van der Waals surface area contributed by atoms with E-state index in [1.54, 1.807) is 0 Å². The topological polar surface area (TPSA) is 61.3 Å². The van der Waals surface area contributed by atoms with E-state index in [0.29, 0.717) is 23.3 Å². The number of benzene rings is 1. The van der Waals surface area contributed by atoms with E-state index in [-0.39, 0.29) is 0 Å². The molecule has 5 nitrogen and oxygen atoms in total. The first-order chi connectivity index (χ1) is 12.5. The van der Waals surface area contributed by atoms with Crippen LogP contribution in [0.5, 0.6) is 5.75 Å². The zero-order valence-electron chi connectivity index (χ0n) is 15.3. The van der Waals surface area contributed by atoms with Crippen molar-refractivity contribution in [3.05, 3.63) is 52.2 Å². The van der Waals surface area contributed by atoms with E-state index in [1.807, 2.05) is 45.0 Å². The SMILES string of the molecule is Cc1cc(CCCCCOc2ccc(-c3nc(C)c(C)o3)cc2Cl)on1. The smallest absolute Gasteiger partial charge is 0.226 e. The van der Waals surface area contributed by atoms with Gasteiger partial charge in [-0.25, -0.2) is 4.98 Å². The zero-order valence-corrected chi connectivity index (χ0v) is 16.1. The van der Waals surface area contributed by atoms with Crippen LogP contribution in [0.15, 0.2) is 33.2 Å². The molecule has 26 heavy (non-hydrogen) atoms. The monoisotopic (exact) mass is 374 g/mol. The summed E-state index contributed by atoms with van der Waals surface area (Å²) in [5.74, 6) is 3.02.